The van der Waals surface area contributed by atoms with Crippen LogP contribution in [0.15, 0.2) is 6.20 Å². The van der Waals surface area contributed by atoms with Gasteiger partial charge in [-0.15, -0.1) is 5.10 Å². The largest absolute Gasteiger partial charge is 0.312 e. The molecule has 5 heteroatoms. The van der Waals surface area contributed by atoms with Gasteiger partial charge in [-0.1, -0.05) is 26.0 Å². The molecule has 1 N–H and O–H groups in total. The Bertz CT molecular complexity index is 381. The first-order valence-electron chi connectivity index (χ1n) is 7.79. The molecule has 1 aromatic rings. The number of rotatable bonds is 9. The molecule has 0 amide bonds. The van der Waals surface area contributed by atoms with E-state index in [1.54, 1.807) is 4.68 Å². The Morgan fingerprint density at radius 3 is 2.40 bits per heavy atom. The topological polar surface area (TPSA) is 46.0 Å². The molecule has 0 saturated carbocycles. The highest BCUT2D eigenvalue weighted by Crippen LogP contribution is 2.21. The molecule has 20 heavy (non-hydrogen) atoms. The molecule has 1 rings (SSSR count). The lowest BCUT2D eigenvalue weighted by Gasteiger charge is -2.43. The van der Waals surface area contributed by atoms with Gasteiger partial charge in [0.25, 0.3) is 0 Å². The van der Waals surface area contributed by atoms with E-state index in [2.05, 4.69) is 55.1 Å². The van der Waals surface area contributed by atoms with Crippen molar-refractivity contribution < 1.29 is 0 Å². The van der Waals surface area contributed by atoms with Crippen LogP contribution in [0.5, 0.6) is 0 Å². The van der Waals surface area contributed by atoms with Crippen molar-refractivity contribution >= 4 is 0 Å². The maximum absolute atomic E-state index is 4.24. The van der Waals surface area contributed by atoms with Crippen LogP contribution < -0.4 is 5.32 Å². The summed E-state index contributed by atoms with van der Waals surface area (Å²) in [6.07, 6.45) is 4.07. The van der Waals surface area contributed by atoms with Crippen molar-refractivity contribution in [2.75, 3.05) is 19.6 Å². The quantitative estimate of drug-likeness (QED) is 0.750. The average Bonchev–Trinajstić information content (AvgIpc) is 2.81. The maximum atomic E-state index is 4.24. The molecule has 0 aliphatic rings. The van der Waals surface area contributed by atoms with Crippen molar-refractivity contribution in [3.8, 4) is 0 Å². The molecule has 0 fully saturated rings. The summed E-state index contributed by atoms with van der Waals surface area (Å²) in [4.78, 5) is 2.51. The Kier molecular flexibility index (Phi) is 6.62. The molecule has 0 radical (unpaired) electrons. The van der Waals surface area contributed by atoms with Gasteiger partial charge in [0.2, 0.25) is 0 Å². The number of likely N-dealkylation sites (N-methyl/N-ethyl adjacent to an activating group) is 1. The van der Waals surface area contributed by atoms with Crippen LogP contribution in [0.25, 0.3) is 0 Å². The predicted molar refractivity (Wildman–Crippen MR) is 83.8 cm³/mol. The Morgan fingerprint density at radius 1 is 1.30 bits per heavy atom. The monoisotopic (exact) mass is 281 g/mol. The predicted octanol–water partition coefficient (Wildman–Crippen LogP) is 1.85. The summed E-state index contributed by atoms with van der Waals surface area (Å²) < 4.78 is 1.77. The molecule has 0 aliphatic carbocycles. The lowest BCUT2D eigenvalue weighted by Crippen LogP contribution is -2.58. The van der Waals surface area contributed by atoms with Crippen molar-refractivity contribution in [3.05, 3.63) is 11.9 Å². The third-order valence-electron chi connectivity index (χ3n) is 4.14. The van der Waals surface area contributed by atoms with Crippen molar-refractivity contribution in [1.82, 2.24) is 25.2 Å². The van der Waals surface area contributed by atoms with Crippen LogP contribution in [-0.4, -0.2) is 51.1 Å². The van der Waals surface area contributed by atoms with Crippen LogP contribution in [0, 0.1) is 0 Å². The second kappa shape index (κ2) is 7.74. The van der Waals surface area contributed by atoms with Gasteiger partial charge in [0.1, 0.15) is 0 Å². The Balaban J connectivity index is 2.86. The van der Waals surface area contributed by atoms with Crippen molar-refractivity contribution in [3.63, 3.8) is 0 Å². The summed E-state index contributed by atoms with van der Waals surface area (Å²) in [5.74, 6) is 0. The summed E-state index contributed by atoms with van der Waals surface area (Å²) in [5, 5.41) is 12.0. The van der Waals surface area contributed by atoms with E-state index >= 15 is 0 Å². The first-order valence-corrected chi connectivity index (χ1v) is 7.79. The van der Waals surface area contributed by atoms with Crippen LogP contribution in [0.2, 0.25) is 0 Å². The van der Waals surface area contributed by atoms with Crippen molar-refractivity contribution in [2.24, 2.45) is 7.05 Å². The van der Waals surface area contributed by atoms with Crippen LogP contribution in [0.1, 0.15) is 46.7 Å². The van der Waals surface area contributed by atoms with Gasteiger partial charge < -0.3 is 5.32 Å². The highest BCUT2D eigenvalue weighted by atomic mass is 15.4. The fraction of sp³-hybridized carbons (Fsp3) is 0.867. The maximum Gasteiger partial charge on any atom is 0.0843 e. The average molecular weight is 281 g/mol. The highest BCUT2D eigenvalue weighted by molar-refractivity contribution is 5.03. The minimum atomic E-state index is 0.0934. The van der Waals surface area contributed by atoms with E-state index in [1.807, 2.05) is 13.2 Å². The second-order valence-corrected chi connectivity index (χ2v) is 5.92. The lowest BCUT2D eigenvalue weighted by atomic mass is 9.88. The van der Waals surface area contributed by atoms with Crippen LogP contribution in [-0.2, 0) is 13.5 Å². The zero-order chi connectivity index (χ0) is 15.2. The van der Waals surface area contributed by atoms with E-state index in [-0.39, 0.29) is 5.54 Å². The SMILES string of the molecule is CCCNC(Cc1cn(C)nn1)C(C)(C)N(CC)CC. The smallest absolute Gasteiger partial charge is 0.0843 e. The molecule has 116 valence electrons. The minimum Gasteiger partial charge on any atom is -0.312 e. The first-order chi connectivity index (χ1) is 9.45. The lowest BCUT2D eigenvalue weighted by molar-refractivity contribution is 0.0907. The van der Waals surface area contributed by atoms with Gasteiger partial charge in [0.15, 0.2) is 0 Å². The summed E-state index contributed by atoms with van der Waals surface area (Å²) in [6, 6.07) is 0.374. The molecule has 0 bridgehead atoms. The van der Waals surface area contributed by atoms with E-state index in [9.17, 15) is 0 Å². The second-order valence-electron chi connectivity index (χ2n) is 5.92. The van der Waals surface area contributed by atoms with Gasteiger partial charge in [-0.05, 0) is 39.9 Å². The Morgan fingerprint density at radius 2 is 1.95 bits per heavy atom. The molecule has 0 aliphatic heterocycles. The van der Waals surface area contributed by atoms with Gasteiger partial charge in [-0.25, -0.2) is 0 Å². The van der Waals surface area contributed by atoms with Crippen LogP contribution >= 0.6 is 0 Å². The normalized spacial score (nSPS) is 13.9. The molecule has 1 heterocycles. The van der Waals surface area contributed by atoms with E-state index in [4.69, 9.17) is 0 Å². The third-order valence-corrected chi connectivity index (χ3v) is 4.14. The number of aromatic nitrogens is 3. The molecule has 1 unspecified atom stereocenters. The van der Waals surface area contributed by atoms with Gasteiger partial charge in [-0.2, -0.15) is 0 Å². The minimum absolute atomic E-state index is 0.0934. The van der Waals surface area contributed by atoms with Crippen molar-refractivity contribution in [1.29, 1.82) is 0 Å². The molecule has 1 aromatic heterocycles. The standard InChI is InChI=1S/C15H31N5/c1-7-10-16-14(11-13-12-19(6)18-17-13)15(4,5)20(8-2)9-3/h12,14,16H,7-11H2,1-6H3. The summed E-state index contributed by atoms with van der Waals surface area (Å²) in [6.45, 7) is 14.5. The van der Waals surface area contributed by atoms with Gasteiger partial charge >= 0.3 is 0 Å². The molecule has 5 nitrogen and oxygen atoms in total. The molecular formula is C15H31N5. The zero-order valence-electron chi connectivity index (χ0n) is 14.0. The van der Waals surface area contributed by atoms with Crippen molar-refractivity contribution in [2.45, 2.75) is 59.0 Å². The highest BCUT2D eigenvalue weighted by Gasteiger charge is 2.34. The molecule has 0 spiro atoms. The van der Waals surface area contributed by atoms with Crippen LogP contribution in [0.3, 0.4) is 0 Å². The number of hydrogen-bond donors (Lipinski definition) is 1. The summed E-state index contributed by atoms with van der Waals surface area (Å²) in [5.41, 5.74) is 1.15. The third kappa shape index (κ3) is 4.28. The van der Waals surface area contributed by atoms with Gasteiger partial charge in [0.05, 0.1) is 5.69 Å². The van der Waals surface area contributed by atoms with Gasteiger partial charge in [0, 0.05) is 31.2 Å². The zero-order valence-corrected chi connectivity index (χ0v) is 14.0. The Labute approximate surface area is 123 Å². The fourth-order valence-corrected chi connectivity index (χ4v) is 2.85. The first kappa shape index (κ1) is 17.1. The van der Waals surface area contributed by atoms with Crippen LogP contribution in [0.4, 0.5) is 0 Å². The fourth-order valence-electron chi connectivity index (χ4n) is 2.85. The number of aryl methyl sites for hydroxylation is 1. The van der Waals surface area contributed by atoms with Gasteiger partial charge in [-0.3, -0.25) is 9.58 Å². The van der Waals surface area contributed by atoms with E-state index in [0.717, 1.165) is 38.2 Å². The Hall–Kier alpha value is -0.940. The van der Waals surface area contributed by atoms with E-state index < -0.39 is 0 Å². The van der Waals surface area contributed by atoms with E-state index in [1.165, 1.54) is 0 Å². The molecule has 0 saturated heterocycles. The number of nitrogens with zero attached hydrogens (tertiary/aromatic N) is 4. The molecular weight excluding hydrogens is 250 g/mol. The summed E-state index contributed by atoms with van der Waals surface area (Å²) in [7, 11) is 1.92. The number of hydrogen-bond acceptors (Lipinski definition) is 4. The molecule has 1 atom stereocenters. The molecule has 0 aromatic carbocycles. The summed E-state index contributed by atoms with van der Waals surface area (Å²) >= 11 is 0. The number of nitrogens with one attached hydrogen (secondary N) is 1. The van der Waals surface area contributed by atoms with E-state index in [0.29, 0.717) is 6.04 Å².